The number of ether oxygens (including phenoxy) is 2. The van der Waals surface area contributed by atoms with Gasteiger partial charge in [0.05, 0.1) is 6.61 Å². The van der Waals surface area contributed by atoms with E-state index in [4.69, 9.17) is 9.47 Å². The van der Waals surface area contributed by atoms with Crippen molar-refractivity contribution in [3.8, 4) is 0 Å². The van der Waals surface area contributed by atoms with E-state index in [9.17, 15) is 4.79 Å². The summed E-state index contributed by atoms with van der Waals surface area (Å²) in [5.74, 6) is 0.0990. The van der Waals surface area contributed by atoms with E-state index in [1.54, 1.807) is 6.92 Å². The number of hydrogen-bond donors (Lipinski definition) is 0. The average Bonchev–Trinajstić information content (AvgIpc) is 2.62. The van der Waals surface area contributed by atoms with Crippen molar-refractivity contribution >= 4 is 11.4 Å². The number of unbranched alkanes of at least 4 members (excludes halogenated alkanes) is 3. The second-order valence-corrected chi connectivity index (χ2v) is 6.47. The molecule has 2 rings (SSSR count). The summed E-state index contributed by atoms with van der Waals surface area (Å²) in [4.78, 5) is 11.4. The molecule has 0 radical (unpaired) electrons. The Hall–Kier alpha value is -1.45. The van der Waals surface area contributed by atoms with Gasteiger partial charge >= 0.3 is 0 Å². The third kappa shape index (κ3) is 6.21. The van der Waals surface area contributed by atoms with Crippen molar-refractivity contribution in [3.63, 3.8) is 0 Å². The Morgan fingerprint density at radius 2 is 1.96 bits per heavy atom. The van der Waals surface area contributed by atoms with Crippen molar-refractivity contribution in [3.05, 3.63) is 41.5 Å². The van der Waals surface area contributed by atoms with E-state index in [-0.39, 0.29) is 12.1 Å². The zero-order valence-electron chi connectivity index (χ0n) is 15.1. The molecule has 1 aliphatic heterocycles. The number of ketones is 1. The molecule has 0 N–H and O–H groups in total. The van der Waals surface area contributed by atoms with E-state index in [1.807, 2.05) is 24.3 Å². The Kier molecular flexibility index (Phi) is 8.20. The smallest absolute Gasteiger partial charge is 0.159 e. The van der Waals surface area contributed by atoms with Crippen molar-refractivity contribution in [1.82, 2.24) is 0 Å². The summed E-state index contributed by atoms with van der Waals surface area (Å²) in [5.41, 5.74) is 3.07. The first kappa shape index (κ1) is 18.9. The maximum absolute atomic E-state index is 11.4. The SMILES string of the molecule is CCCCC/C=C(\COC1CCCCO1)c1ccc(C(C)=O)cc1. The molecule has 0 saturated carbocycles. The summed E-state index contributed by atoms with van der Waals surface area (Å²) in [7, 11) is 0. The molecular weight excluding hydrogens is 300 g/mol. The molecule has 24 heavy (non-hydrogen) atoms. The van der Waals surface area contributed by atoms with Crippen molar-refractivity contribution in [2.24, 2.45) is 0 Å². The standard InChI is InChI=1S/C21H30O3/c1-3-4-5-6-9-20(16-24-21-10-7-8-15-23-21)19-13-11-18(12-14-19)17(2)22/h9,11-14,21H,3-8,10,15-16H2,1-2H3/b20-9+. The summed E-state index contributed by atoms with van der Waals surface area (Å²) >= 11 is 0. The highest BCUT2D eigenvalue weighted by Gasteiger charge is 2.15. The average molecular weight is 330 g/mol. The van der Waals surface area contributed by atoms with Crippen LogP contribution in [0.1, 0.15) is 74.7 Å². The highest BCUT2D eigenvalue weighted by atomic mass is 16.7. The highest BCUT2D eigenvalue weighted by molar-refractivity contribution is 5.94. The molecule has 1 heterocycles. The Balaban J connectivity index is 2.01. The maximum atomic E-state index is 11.4. The van der Waals surface area contributed by atoms with E-state index in [0.29, 0.717) is 6.61 Å². The number of hydrogen-bond acceptors (Lipinski definition) is 3. The molecule has 1 fully saturated rings. The van der Waals surface area contributed by atoms with Crippen LogP contribution in [0.2, 0.25) is 0 Å². The van der Waals surface area contributed by atoms with Gasteiger partial charge in [-0.05, 0) is 50.2 Å². The largest absolute Gasteiger partial charge is 0.353 e. The predicted molar refractivity (Wildman–Crippen MR) is 98.1 cm³/mol. The molecule has 1 aliphatic rings. The molecule has 1 unspecified atom stereocenters. The minimum Gasteiger partial charge on any atom is -0.353 e. The fourth-order valence-corrected chi connectivity index (χ4v) is 2.88. The van der Waals surface area contributed by atoms with Crippen LogP contribution < -0.4 is 0 Å². The van der Waals surface area contributed by atoms with E-state index in [2.05, 4.69) is 13.0 Å². The molecule has 3 nitrogen and oxygen atoms in total. The topological polar surface area (TPSA) is 35.5 Å². The Bertz CT molecular complexity index is 525. The fraction of sp³-hybridized carbons (Fsp3) is 0.571. The van der Waals surface area contributed by atoms with Crippen molar-refractivity contribution in [2.45, 2.75) is 65.1 Å². The van der Waals surface area contributed by atoms with E-state index in [1.165, 1.54) is 31.3 Å². The number of allylic oxidation sites excluding steroid dienone is 1. The number of rotatable bonds is 9. The first-order chi connectivity index (χ1) is 11.7. The highest BCUT2D eigenvalue weighted by Crippen LogP contribution is 2.21. The molecule has 1 atom stereocenters. The van der Waals surface area contributed by atoms with Crippen molar-refractivity contribution in [1.29, 1.82) is 0 Å². The monoisotopic (exact) mass is 330 g/mol. The summed E-state index contributed by atoms with van der Waals surface area (Å²) in [6.07, 6.45) is 10.2. The van der Waals surface area contributed by atoms with E-state index < -0.39 is 0 Å². The molecule has 1 aromatic rings. The minimum atomic E-state index is -0.0747. The Morgan fingerprint density at radius 3 is 2.58 bits per heavy atom. The Labute approximate surface area is 146 Å². The van der Waals surface area contributed by atoms with Crippen molar-refractivity contribution < 1.29 is 14.3 Å². The zero-order valence-corrected chi connectivity index (χ0v) is 15.1. The van der Waals surface area contributed by atoms with Gasteiger partial charge in [0.25, 0.3) is 0 Å². The van der Waals surface area contributed by atoms with E-state index in [0.717, 1.165) is 37.0 Å². The lowest BCUT2D eigenvalue weighted by atomic mass is 10.0. The molecular formula is C21H30O3. The molecule has 132 valence electrons. The first-order valence-corrected chi connectivity index (χ1v) is 9.24. The fourth-order valence-electron chi connectivity index (χ4n) is 2.88. The third-order valence-corrected chi connectivity index (χ3v) is 4.42. The summed E-state index contributed by atoms with van der Waals surface area (Å²) in [6.45, 7) is 5.18. The summed E-state index contributed by atoms with van der Waals surface area (Å²) < 4.78 is 11.6. The molecule has 3 heteroatoms. The van der Waals surface area contributed by atoms with Gasteiger partial charge in [-0.1, -0.05) is 50.1 Å². The lowest BCUT2D eigenvalue weighted by Gasteiger charge is -2.23. The minimum absolute atomic E-state index is 0.0747. The second kappa shape index (κ2) is 10.4. The van der Waals surface area contributed by atoms with Gasteiger partial charge in [0.15, 0.2) is 12.1 Å². The van der Waals surface area contributed by atoms with Crippen LogP contribution in [0.4, 0.5) is 0 Å². The van der Waals surface area contributed by atoms with Gasteiger partial charge in [0, 0.05) is 12.2 Å². The Morgan fingerprint density at radius 1 is 1.21 bits per heavy atom. The van der Waals surface area contributed by atoms with Crippen molar-refractivity contribution in [2.75, 3.05) is 13.2 Å². The third-order valence-electron chi connectivity index (χ3n) is 4.42. The number of carbonyl (C=O) groups excluding carboxylic acids is 1. The van der Waals surface area contributed by atoms with Crippen LogP contribution >= 0.6 is 0 Å². The van der Waals surface area contributed by atoms with Gasteiger partial charge < -0.3 is 9.47 Å². The van der Waals surface area contributed by atoms with Gasteiger partial charge in [-0.15, -0.1) is 0 Å². The normalized spacial score (nSPS) is 18.6. The van der Waals surface area contributed by atoms with Crippen LogP contribution in [0, 0.1) is 0 Å². The number of Topliss-reactive ketones (excluding diaryl/α,β-unsaturated/α-hetero) is 1. The van der Waals surface area contributed by atoms with Crippen LogP contribution in [0.15, 0.2) is 30.3 Å². The number of benzene rings is 1. The summed E-state index contributed by atoms with van der Waals surface area (Å²) in [6, 6.07) is 7.84. The molecule has 0 aromatic heterocycles. The maximum Gasteiger partial charge on any atom is 0.159 e. The molecule has 0 bridgehead atoms. The second-order valence-electron chi connectivity index (χ2n) is 6.47. The lowest BCUT2D eigenvalue weighted by Crippen LogP contribution is -2.23. The lowest BCUT2D eigenvalue weighted by molar-refractivity contribution is -0.154. The van der Waals surface area contributed by atoms with Gasteiger partial charge in [0.1, 0.15) is 0 Å². The van der Waals surface area contributed by atoms with Gasteiger partial charge in [-0.25, -0.2) is 0 Å². The van der Waals surface area contributed by atoms with Crippen LogP contribution in [0.3, 0.4) is 0 Å². The van der Waals surface area contributed by atoms with Crippen LogP contribution in [0.25, 0.3) is 5.57 Å². The molecule has 1 saturated heterocycles. The predicted octanol–water partition coefficient (Wildman–Crippen LogP) is 5.40. The molecule has 0 aliphatic carbocycles. The van der Waals surface area contributed by atoms with Gasteiger partial charge in [-0.2, -0.15) is 0 Å². The van der Waals surface area contributed by atoms with Crippen LogP contribution in [-0.2, 0) is 9.47 Å². The first-order valence-electron chi connectivity index (χ1n) is 9.24. The molecule has 1 aromatic carbocycles. The van der Waals surface area contributed by atoms with E-state index >= 15 is 0 Å². The van der Waals surface area contributed by atoms with Gasteiger partial charge in [-0.3, -0.25) is 4.79 Å². The molecule has 0 amide bonds. The van der Waals surface area contributed by atoms with Crippen LogP contribution in [-0.4, -0.2) is 25.3 Å². The number of carbonyl (C=O) groups is 1. The zero-order chi connectivity index (χ0) is 17.2. The summed E-state index contributed by atoms with van der Waals surface area (Å²) in [5, 5.41) is 0. The quantitative estimate of drug-likeness (QED) is 0.449. The van der Waals surface area contributed by atoms with Crippen LogP contribution in [0.5, 0.6) is 0 Å². The molecule has 0 spiro atoms. The van der Waals surface area contributed by atoms with Gasteiger partial charge in [0.2, 0.25) is 0 Å².